The second kappa shape index (κ2) is 1.85. The maximum Gasteiger partial charge on any atom is 0.170 e. The summed E-state index contributed by atoms with van der Waals surface area (Å²) < 4.78 is 12.9. The lowest BCUT2D eigenvalue weighted by molar-refractivity contribution is -0.158. The van der Waals surface area contributed by atoms with Crippen molar-refractivity contribution in [3.05, 3.63) is 0 Å². The molecule has 0 saturated heterocycles. The summed E-state index contributed by atoms with van der Waals surface area (Å²) >= 11 is 0. The van der Waals surface area contributed by atoms with Gasteiger partial charge in [0.05, 0.1) is 0 Å². The summed E-state index contributed by atoms with van der Waals surface area (Å²) in [5.74, 6) is 0.342. The molecule has 3 aliphatic rings. The summed E-state index contributed by atoms with van der Waals surface area (Å²) in [5.41, 5.74) is 0.0969. The molecule has 3 unspecified atom stereocenters. The van der Waals surface area contributed by atoms with Gasteiger partial charge in [-0.15, -0.1) is 0 Å². The third-order valence-corrected chi connectivity index (χ3v) is 3.61. The van der Waals surface area contributed by atoms with Crippen molar-refractivity contribution in [2.24, 2.45) is 17.3 Å². The summed E-state index contributed by atoms with van der Waals surface area (Å²) in [5, 5.41) is 0. The molecule has 0 radical (unpaired) electrons. The Balaban J connectivity index is 2.23. The van der Waals surface area contributed by atoms with Gasteiger partial charge in [-0.1, -0.05) is 13.8 Å². The zero-order valence-corrected chi connectivity index (χ0v) is 6.93. The second-order valence-electron chi connectivity index (χ2n) is 4.41. The van der Waals surface area contributed by atoms with E-state index in [0.29, 0.717) is 12.3 Å². The molecule has 62 valence electrons. The molecule has 2 bridgehead atoms. The van der Waals surface area contributed by atoms with E-state index in [2.05, 4.69) is 13.8 Å². The topological polar surface area (TPSA) is 17.1 Å². The van der Waals surface area contributed by atoms with Gasteiger partial charge >= 0.3 is 0 Å². The van der Waals surface area contributed by atoms with Crippen LogP contribution in [0.4, 0.5) is 4.39 Å². The fourth-order valence-corrected chi connectivity index (χ4v) is 2.48. The first-order chi connectivity index (χ1) is 5.03. The van der Waals surface area contributed by atoms with Gasteiger partial charge in [-0.05, 0) is 24.2 Å². The number of hydrogen-bond donors (Lipinski definition) is 0. The SMILES string of the molecule is CC1(C)C2CC(F)C(=O)C1C2. The number of fused-ring (bicyclic) bond motifs is 2. The van der Waals surface area contributed by atoms with Gasteiger partial charge in [-0.2, -0.15) is 0 Å². The molecule has 0 N–H and O–H groups in total. The Morgan fingerprint density at radius 1 is 1.45 bits per heavy atom. The number of hydrogen-bond acceptors (Lipinski definition) is 1. The Kier molecular flexibility index (Phi) is 1.22. The van der Waals surface area contributed by atoms with Crippen LogP contribution in [-0.4, -0.2) is 12.0 Å². The van der Waals surface area contributed by atoms with Crippen molar-refractivity contribution in [1.29, 1.82) is 0 Å². The van der Waals surface area contributed by atoms with Crippen LogP contribution in [0.1, 0.15) is 26.7 Å². The molecule has 0 aromatic rings. The van der Waals surface area contributed by atoms with E-state index >= 15 is 0 Å². The monoisotopic (exact) mass is 156 g/mol. The van der Waals surface area contributed by atoms with Gasteiger partial charge in [-0.3, -0.25) is 4.79 Å². The quantitative estimate of drug-likeness (QED) is 0.524. The van der Waals surface area contributed by atoms with E-state index in [1.165, 1.54) is 0 Å². The molecule has 3 fully saturated rings. The lowest BCUT2D eigenvalue weighted by Gasteiger charge is -2.56. The molecular weight excluding hydrogens is 143 g/mol. The molecule has 0 heterocycles. The van der Waals surface area contributed by atoms with Crippen molar-refractivity contribution in [3.8, 4) is 0 Å². The van der Waals surface area contributed by atoms with Crippen LogP contribution in [0.25, 0.3) is 0 Å². The fourth-order valence-electron chi connectivity index (χ4n) is 2.48. The van der Waals surface area contributed by atoms with Gasteiger partial charge in [0.15, 0.2) is 12.0 Å². The first-order valence-electron chi connectivity index (χ1n) is 4.21. The van der Waals surface area contributed by atoms with E-state index in [9.17, 15) is 9.18 Å². The Labute approximate surface area is 66.0 Å². The number of halogens is 1. The highest BCUT2D eigenvalue weighted by molar-refractivity contribution is 5.88. The van der Waals surface area contributed by atoms with E-state index < -0.39 is 6.17 Å². The highest BCUT2D eigenvalue weighted by Crippen LogP contribution is 2.57. The molecule has 3 aliphatic carbocycles. The van der Waals surface area contributed by atoms with Crippen molar-refractivity contribution in [2.45, 2.75) is 32.9 Å². The Bertz CT molecular complexity index is 210. The summed E-state index contributed by atoms with van der Waals surface area (Å²) in [7, 11) is 0. The van der Waals surface area contributed by atoms with E-state index in [1.54, 1.807) is 0 Å². The zero-order chi connectivity index (χ0) is 8.22. The van der Waals surface area contributed by atoms with Crippen LogP contribution < -0.4 is 0 Å². The second-order valence-corrected chi connectivity index (χ2v) is 4.41. The van der Waals surface area contributed by atoms with Gasteiger partial charge in [0.1, 0.15) is 0 Å². The molecule has 3 atom stereocenters. The highest BCUT2D eigenvalue weighted by atomic mass is 19.1. The normalized spacial score (nSPS) is 46.8. The van der Waals surface area contributed by atoms with Crippen LogP contribution in [0, 0.1) is 17.3 Å². The fraction of sp³-hybridized carbons (Fsp3) is 0.889. The summed E-state index contributed by atoms with van der Waals surface area (Å²) in [6, 6.07) is 0. The van der Waals surface area contributed by atoms with E-state index in [1.807, 2.05) is 0 Å². The average Bonchev–Trinajstić information content (AvgIpc) is 1.93. The predicted octanol–water partition coefficient (Wildman–Crippen LogP) is 1.96. The van der Waals surface area contributed by atoms with E-state index in [-0.39, 0.29) is 17.1 Å². The minimum atomic E-state index is -1.15. The van der Waals surface area contributed by atoms with Crippen molar-refractivity contribution in [3.63, 3.8) is 0 Å². The number of carbonyl (C=O) groups is 1. The average molecular weight is 156 g/mol. The van der Waals surface area contributed by atoms with E-state index in [0.717, 1.165) is 6.42 Å². The Morgan fingerprint density at radius 3 is 2.45 bits per heavy atom. The molecule has 2 heteroatoms. The number of rotatable bonds is 0. The predicted molar refractivity (Wildman–Crippen MR) is 39.9 cm³/mol. The largest absolute Gasteiger partial charge is 0.296 e. The summed E-state index contributed by atoms with van der Waals surface area (Å²) in [4.78, 5) is 11.2. The molecule has 0 aromatic heterocycles. The highest BCUT2D eigenvalue weighted by Gasteiger charge is 2.57. The van der Waals surface area contributed by atoms with Gasteiger partial charge in [0.25, 0.3) is 0 Å². The lowest BCUT2D eigenvalue weighted by atomic mass is 9.48. The molecule has 0 aliphatic heterocycles. The molecule has 0 aromatic carbocycles. The lowest BCUT2D eigenvalue weighted by Crippen LogP contribution is -2.57. The number of Topliss-reactive ketones (excluding diaryl/α,β-unsaturated/α-hetero) is 1. The summed E-state index contributed by atoms with van der Waals surface area (Å²) in [6.07, 6.45) is 0.265. The van der Waals surface area contributed by atoms with Crippen LogP contribution in [0.15, 0.2) is 0 Å². The molecule has 0 amide bonds. The van der Waals surface area contributed by atoms with Crippen molar-refractivity contribution in [1.82, 2.24) is 0 Å². The third-order valence-electron chi connectivity index (χ3n) is 3.61. The van der Waals surface area contributed by atoms with E-state index in [4.69, 9.17) is 0 Å². The minimum Gasteiger partial charge on any atom is -0.296 e. The standard InChI is InChI=1S/C9H13FO/c1-9(2)5-3-6(9)8(11)7(10)4-5/h5-7H,3-4H2,1-2H3. The summed E-state index contributed by atoms with van der Waals surface area (Å²) in [6.45, 7) is 4.16. The number of carbonyl (C=O) groups excluding carboxylic acids is 1. The van der Waals surface area contributed by atoms with Crippen LogP contribution in [0.3, 0.4) is 0 Å². The Morgan fingerprint density at radius 2 is 2.09 bits per heavy atom. The Hall–Kier alpha value is -0.400. The van der Waals surface area contributed by atoms with Crippen LogP contribution in [0.5, 0.6) is 0 Å². The number of alkyl halides is 1. The van der Waals surface area contributed by atoms with Crippen LogP contribution in [0.2, 0.25) is 0 Å². The van der Waals surface area contributed by atoms with Crippen molar-refractivity contribution >= 4 is 5.78 Å². The molecule has 1 nitrogen and oxygen atoms in total. The zero-order valence-electron chi connectivity index (χ0n) is 6.93. The molecule has 11 heavy (non-hydrogen) atoms. The maximum atomic E-state index is 12.9. The van der Waals surface area contributed by atoms with Gasteiger partial charge in [0, 0.05) is 5.92 Å². The minimum absolute atomic E-state index is 0.0243. The first-order valence-corrected chi connectivity index (χ1v) is 4.21. The number of ketones is 1. The first kappa shape index (κ1) is 7.26. The van der Waals surface area contributed by atoms with Crippen LogP contribution >= 0.6 is 0 Å². The molecular formula is C9H13FO. The molecule has 0 spiro atoms. The smallest absolute Gasteiger partial charge is 0.170 e. The van der Waals surface area contributed by atoms with Gasteiger partial charge in [-0.25, -0.2) is 4.39 Å². The molecule has 3 rings (SSSR count). The van der Waals surface area contributed by atoms with Gasteiger partial charge in [0.2, 0.25) is 0 Å². The molecule has 3 saturated carbocycles. The van der Waals surface area contributed by atoms with Crippen molar-refractivity contribution < 1.29 is 9.18 Å². The van der Waals surface area contributed by atoms with Crippen molar-refractivity contribution in [2.75, 3.05) is 0 Å². The van der Waals surface area contributed by atoms with Gasteiger partial charge < -0.3 is 0 Å². The third kappa shape index (κ3) is 0.728. The maximum absolute atomic E-state index is 12.9. The van der Waals surface area contributed by atoms with Crippen LogP contribution in [-0.2, 0) is 4.79 Å².